The van der Waals surface area contributed by atoms with Crippen molar-refractivity contribution in [3.63, 3.8) is 0 Å². The number of carbonyl (C=O) groups is 1. The minimum atomic E-state index is -0.0120. The van der Waals surface area contributed by atoms with Crippen LogP contribution < -0.4 is 10.1 Å². The Kier molecular flexibility index (Phi) is 6.65. The van der Waals surface area contributed by atoms with E-state index < -0.39 is 0 Å². The average molecular weight is 499 g/mol. The van der Waals surface area contributed by atoms with Crippen molar-refractivity contribution in [3.8, 4) is 17.0 Å². The molecule has 1 N–H and O–H groups in total. The van der Waals surface area contributed by atoms with E-state index in [0.29, 0.717) is 11.4 Å². The van der Waals surface area contributed by atoms with Gasteiger partial charge in [-0.3, -0.25) is 19.4 Å². The monoisotopic (exact) mass is 498 g/mol. The predicted molar refractivity (Wildman–Crippen MR) is 140 cm³/mol. The van der Waals surface area contributed by atoms with Crippen LogP contribution in [-0.4, -0.2) is 75.9 Å². The van der Waals surface area contributed by atoms with Gasteiger partial charge in [0.2, 0.25) is 5.88 Å². The minimum absolute atomic E-state index is 0.0120. The highest BCUT2D eigenvalue weighted by atomic mass is 16.5. The second kappa shape index (κ2) is 10.4. The van der Waals surface area contributed by atoms with Gasteiger partial charge in [-0.15, -0.1) is 0 Å². The van der Waals surface area contributed by atoms with Crippen molar-refractivity contribution in [2.24, 2.45) is 7.05 Å². The van der Waals surface area contributed by atoms with E-state index in [-0.39, 0.29) is 18.3 Å². The van der Waals surface area contributed by atoms with Crippen LogP contribution in [0, 0.1) is 0 Å². The molecule has 190 valence electrons. The number of ether oxygens (including phenoxy) is 2. The van der Waals surface area contributed by atoms with Crippen LogP contribution in [0.4, 0.5) is 0 Å². The van der Waals surface area contributed by atoms with Gasteiger partial charge in [0.15, 0.2) is 5.78 Å². The Balaban J connectivity index is 1.22. The number of nitrogens with zero attached hydrogens (tertiary/aromatic N) is 5. The molecule has 0 spiro atoms. The number of hydrogen-bond donors (Lipinski definition) is 1. The first-order chi connectivity index (χ1) is 18.1. The summed E-state index contributed by atoms with van der Waals surface area (Å²) in [4.78, 5) is 24.2. The van der Waals surface area contributed by atoms with E-state index in [1.807, 2.05) is 30.2 Å². The molecule has 2 fully saturated rings. The van der Waals surface area contributed by atoms with E-state index >= 15 is 0 Å². The smallest absolute Gasteiger partial charge is 0.214 e. The fraction of sp³-hybridized carbons (Fsp3) is 0.357. The summed E-state index contributed by atoms with van der Waals surface area (Å²) < 4.78 is 13.3. The maximum atomic E-state index is 13.0. The van der Waals surface area contributed by atoms with Gasteiger partial charge in [-0.05, 0) is 29.1 Å². The molecule has 9 nitrogen and oxygen atoms in total. The molecule has 2 aliphatic rings. The summed E-state index contributed by atoms with van der Waals surface area (Å²) in [6.45, 7) is 5.82. The van der Waals surface area contributed by atoms with Crippen molar-refractivity contribution >= 4 is 16.6 Å². The van der Waals surface area contributed by atoms with Crippen LogP contribution >= 0.6 is 0 Å². The third-order valence-electron chi connectivity index (χ3n) is 7.06. The summed E-state index contributed by atoms with van der Waals surface area (Å²) in [5, 5.41) is 9.79. The van der Waals surface area contributed by atoms with Gasteiger partial charge in [-0.1, -0.05) is 12.1 Å². The van der Waals surface area contributed by atoms with Gasteiger partial charge in [0.25, 0.3) is 0 Å². The molecule has 0 saturated carbocycles. The second-order valence-corrected chi connectivity index (χ2v) is 9.64. The zero-order valence-corrected chi connectivity index (χ0v) is 20.9. The van der Waals surface area contributed by atoms with Crippen molar-refractivity contribution in [2.45, 2.75) is 19.1 Å². The number of carbonyl (C=O) groups excluding carboxylic acids is 1. The second-order valence-electron chi connectivity index (χ2n) is 9.64. The van der Waals surface area contributed by atoms with E-state index in [0.717, 1.165) is 73.5 Å². The molecule has 0 bridgehead atoms. The van der Waals surface area contributed by atoms with Crippen LogP contribution in [0.3, 0.4) is 0 Å². The lowest BCUT2D eigenvalue weighted by atomic mass is 10.0. The Bertz CT molecular complexity index is 1420. The van der Waals surface area contributed by atoms with Crippen LogP contribution in [0.1, 0.15) is 21.7 Å². The highest BCUT2D eigenvalue weighted by Gasteiger charge is 2.20. The number of ketones is 1. The quantitative estimate of drug-likeness (QED) is 0.371. The van der Waals surface area contributed by atoms with Gasteiger partial charge in [0, 0.05) is 80.4 Å². The normalized spacial score (nSPS) is 16.6. The number of aromatic nitrogens is 4. The van der Waals surface area contributed by atoms with Gasteiger partial charge in [-0.2, -0.15) is 5.10 Å². The number of Topliss-reactive ketones (excluding diaryl/α,β-unsaturated/α-hetero) is 1. The number of benzene rings is 1. The van der Waals surface area contributed by atoms with Crippen molar-refractivity contribution in [1.82, 2.24) is 30.0 Å². The zero-order chi connectivity index (χ0) is 25.2. The summed E-state index contributed by atoms with van der Waals surface area (Å²) in [6, 6.07) is 11.8. The number of pyridine rings is 2. The standard InChI is InChI=1S/C28H30N6O3/c1-33-26(18-34-6-8-36-9-7-34)25(17-32-33)19-2-3-21-14-31-23(11-22(21)10-19)13-27(35)20-4-5-30-28(12-20)37-24-15-29-16-24/h2-5,10-12,14,17,24,29H,6-9,13,15-16,18H2,1H3. The lowest BCUT2D eigenvalue weighted by molar-refractivity contribution is 0.0332. The molecular formula is C28H30N6O3. The number of hydrogen-bond acceptors (Lipinski definition) is 8. The number of fused-ring (bicyclic) bond motifs is 1. The summed E-state index contributed by atoms with van der Waals surface area (Å²) >= 11 is 0. The Morgan fingerprint density at radius 2 is 1.95 bits per heavy atom. The molecule has 0 unspecified atom stereocenters. The summed E-state index contributed by atoms with van der Waals surface area (Å²) in [6.07, 6.45) is 5.72. The molecule has 3 aromatic heterocycles. The van der Waals surface area contributed by atoms with Gasteiger partial charge < -0.3 is 14.8 Å². The molecule has 4 aromatic rings. The third-order valence-corrected chi connectivity index (χ3v) is 7.06. The molecule has 0 aliphatic carbocycles. The lowest BCUT2D eigenvalue weighted by Crippen LogP contribution is -2.50. The summed E-state index contributed by atoms with van der Waals surface area (Å²) in [5.74, 6) is 0.472. The average Bonchev–Trinajstić information content (AvgIpc) is 3.26. The number of morpholine rings is 1. The van der Waals surface area contributed by atoms with Gasteiger partial charge >= 0.3 is 0 Å². The molecule has 37 heavy (non-hydrogen) atoms. The Morgan fingerprint density at radius 1 is 1.08 bits per heavy atom. The molecule has 6 rings (SSSR count). The molecule has 0 amide bonds. The third kappa shape index (κ3) is 5.24. The van der Waals surface area contributed by atoms with Gasteiger partial charge in [0.05, 0.1) is 31.5 Å². The van der Waals surface area contributed by atoms with Gasteiger partial charge in [-0.25, -0.2) is 4.98 Å². The molecule has 2 saturated heterocycles. The number of nitrogens with one attached hydrogen (secondary N) is 1. The van der Waals surface area contributed by atoms with E-state index in [1.54, 1.807) is 18.3 Å². The van der Waals surface area contributed by atoms with E-state index in [2.05, 4.69) is 43.5 Å². The van der Waals surface area contributed by atoms with Crippen LogP contribution in [0.5, 0.6) is 5.88 Å². The van der Waals surface area contributed by atoms with Crippen molar-refractivity contribution in [3.05, 3.63) is 71.9 Å². The van der Waals surface area contributed by atoms with E-state index in [1.165, 1.54) is 5.69 Å². The first-order valence-electron chi connectivity index (χ1n) is 12.7. The Labute approximate surface area is 215 Å². The Hall–Kier alpha value is -3.66. The van der Waals surface area contributed by atoms with Crippen LogP contribution in [0.25, 0.3) is 21.9 Å². The highest BCUT2D eigenvalue weighted by Crippen LogP contribution is 2.28. The number of rotatable bonds is 8. The lowest BCUT2D eigenvalue weighted by Gasteiger charge is -2.27. The fourth-order valence-electron chi connectivity index (χ4n) is 4.74. The van der Waals surface area contributed by atoms with Crippen LogP contribution in [0.2, 0.25) is 0 Å². The fourth-order valence-corrected chi connectivity index (χ4v) is 4.74. The number of aryl methyl sites for hydroxylation is 1. The highest BCUT2D eigenvalue weighted by molar-refractivity contribution is 5.98. The first kappa shape index (κ1) is 23.7. The largest absolute Gasteiger partial charge is 0.472 e. The maximum absolute atomic E-state index is 13.0. The molecule has 9 heteroatoms. The van der Waals surface area contributed by atoms with Crippen molar-refractivity contribution < 1.29 is 14.3 Å². The molecule has 0 atom stereocenters. The Morgan fingerprint density at radius 3 is 2.76 bits per heavy atom. The zero-order valence-electron chi connectivity index (χ0n) is 20.9. The van der Waals surface area contributed by atoms with Gasteiger partial charge in [0.1, 0.15) is 6.10 Å². The minimum Gasteiger partial charge on any atom is -0.472 e. The summed E-state index contributed by atoms with van der Waals surface area (Å²) in [5.41, 5.74) is 4.72. The molecule has 5 heterocycles. The molecule has 2 aliphatic heterocycles. The first-order valence-corrected chi connectivity index (χ1v) is 12.7. The predicted octanol–water partition coefficient (Wildman–Crippen LogP) is 2.64. The van der Waals surface area contributed by atoms with Crippen LogP contribution in [0.15, 0.2) is 55.0 Å². The topological polar surface area (TPSA) is 94.4 Å². The summed E-state index contributed by atoms with van der Waals surface area (Å²) in [7, 11) is 1.99. The van der Waals surface area contributed by atoms with E-state index in [4.69, 9.17) is 9.47 Å². The molecule has 1 aromatic carbocycles. The maximum Gasteiger partial charge on any atom is 0.214 e. The van der Waals surface area contributed by atoms with Crippen molar-refractivity contribution in [1.29, 1.82) is 0 Å². The van der Waals surface area contributed by atoms with Crippen LogP contribution in [-0.2, 0) is 24.8 Å². The molecular weight excluding hydrogens is 468 g/mol. The molecule has 0 radical (unpaired) electrons. The SMILES string of the molecule is Cn1ncc(-c2ccc3cnc(CC(=O)c4ccnc(OC5CNC5)c4)cc3c2)c1CN1CCOCC1. The van der Waals surface area contributed by atoms with E-state index in [9.17, 15) is 4.79 Å². The van der Waals surface area contributed by atoms with Crippen molar-refractivity contribution in [2.75, 3.05) is 39.4 Å².